The molecule has 1 aliphatic heterocycles. The largest absolute Gasteiger partial charge is 0.454 e. The first-order valence-electron chi connectivity index (χ1n) is 6.74. The predicted molar refractivity (Wildman–Crippen MR) is 72.8 cm³/mol. The summed E-state index contributed by atoms with van der Waals surface area (Å²) in [6.45, 7) is 0.207. The topological polar surface area (TPSA) is 59.9 Å². The van der Waals surface area contributed by atoms with Crippen LogP contribution in [0.5, 0.6) is 11.5 Å². The number of nitrogens with zero attached hydrogens (tertiary/aromatic N) is 1. The van der Waals surface area contributed by atoms with Crippen molar-refractivity contribution in [3.63, 3.8) is 0 Å². The van der Waals surface area contributed by atoms with Crippen molar-refractivity contribution in [2.24, 2.45) is 16.9 Å². The number of allylic oxidation sites excluding steroid dienone is 2. The number of benzene rings is 1. The van der Waals surface area contributed by atoms with Crippen molar-refractivity contribution in [2.45, 2.75) is 12.8 Å². The molecule has 3 aliphatic rings. The standard InChI is InChI=1S/C15H14N2O3/c18-15(10-4-5-13-14(7-10)20-8-19-13)17-16-12-6-9-2-1-3-11(9)12/h1-2,4-5,7,9,11H,3,6,8H2,(H,17,18)/b16-12-/t9-,11-/m1/s1. The Labute approximate surface area is 116 Å². The maximum absolute atomic E-state index is 12.1. The van der Waals surface area contributed by atoms with Crippen LogP contribution >= 0.6 is 0 Å². The number of hydrogen-bond acceptors (Lipinski definition) is 4. The van der Waals surface area contributed by atoms with E-state index in [1.54, 1.807) is 18.2 Å². The number of nitrogens with one attached hydrogen (secondary N) is 1. The van der Waals surface area contributed by atoms with E-state index in [4.69, 9.17) is 9.47 Å². The molecule has 1 N–H and O–H groups in total. The van der Waals surface area contributed by atoms with Crippen molar-refractivity contribution in [2.75, 3.05) is 6.79 Å². The molecule has 1 saturated carbocycles. The van der Waals surface area contributed by atoms with Gasteiger partial charge in [-0.1, -0.05) is 12.2 Å². The van der Waals surface area contributed by atoms with E-state index in [1.807, 2.05) is 0 Å². The Kier molecular flexibility index (Phi) is 2.52. The molecule has 1 fully saturated rings. The fourth-order valence-electron chi connectivity index (χ4n) is 2.89. The predicted octanol–water partition coefficient (Wildman–Crippen LogP) is 2.10. The molecule has 1 aromatic carbocycles. The molecule has 1 amide bonds. The maximum Gasteiger partial charge on any atom is 0.271 e. The van der Waals surface area contributed by atoms with Crippen LogP contribution in [-0.4, -0.2) is 18.4 Å². The van der Waals surface area contributed by atoms with Crippen LogP contribution in [0.1, 0.15) is 23.2 Å². The smallest absolute Gasteiger partial charge is 0.271 e. The Balaban J connectivity index is 1.44. The number of amides is 1. The molecule has 4 rings (SSSR count). The molecular formula is C15H14N2O3. The van der Waals surface area contributed by atoms with Gasteiger partial charge in [-0.25, -0.2) is 5.43 Å². The monoisotopic (exact) mass is 270 g/mol. The first-order chi connectivity index (χ1) is 9.81. The molecular weight excluding hydrogens is 256 g/mol. The normalized spacial score (nSPS) is 27.3. The lowest BCUT2D eigenvalue weighted by atomic mass is 9.74. The van der Waals surface area contributed by atoms with Gasteiger partial charge in [0.05, 0.1) is 0 Å². The van der Waals surface area contributed by atoms with E-state index in [1.165, 1.54) is 0 Å². The van der Waals surface area contributed by atoms with Crippen molar-refractivity contribution in [3.05, 3.63) is 35.9 Å². The van der Waals surface area contributed by atoms with Crippen molar-refractivity contribution in [3.8, 4) is 11.5 Å². The minimum absolute atomic E-state index is 0.207. The Bertz CT molecular complexity index is 636. The molecule has 102 valence electrons. The lowest BCUT2D eigenvalue weighted by molar-refractivity contribution is 0.0953. The van der Waals surface area contributed by atoms with E-state index in [-0.39, 0.29) is 12.7 Å². The van der Waals surface area contributed by atoms with Crippen LogP contribution in [0.2, 0.25) is 0 Å². The van der Waals surface area contributed by atoms with E-state index in [2.05, 4.69) is 22.7 Å². The molecule has 0 radical (unpaired) electrons. The Morgan fingerprint density at radius 3 is 3.10 bits per heavy atom. The summed E-state index contributed by atoms with van der Waals surface area (Å²) in [6.07, 6.45) is 6.44. The second kappa shape index (κ2) is 4.37. The van der Waals surface area contributed by atoms with E-state index in [0.717, 1.165) is 18.6 Å². The van der Waals surface area contributed by atoms with E-state index in [9.17, 15) is 4.79 Å². The summed E-state index contributed by atoms with van der Waals surface area (Å²) in [5.74, 6) is 2.20. The van der Waals surface area contributed by atoms with E-state index in [0.29, 0.717) is 28.9 Å². The molecule has 0 unspecified atom stereocenters. The highest BCUT2D eigenvalue weighted by Gasteiger charge is 2.38. The highest BCUT2D eigenvalue weighted by Crippen LogP contribution is 2.40. The first-order valence-corrected chi connectivity index (χ1v) is 6.74. The number of fused-ring (bicyclic) bond motifs is 2. The third kappa shape index (κ3) is 1.78. The SMILES string of the molecule is O=C(N/N=C1/C[C@H]2C=CC[C@@H]12)c1ccc2c(c1)OCO2. The second-order valence-electron chi connectivity index (χ2n) is 5.25. The average molecular weight is 270 g/mol. The van der Waals surface area contributed by atoms with Crippen molar-refractivity contribution in [1.82, 2.24) is 5.43 Å². The fraction of sp³-hybridized carbons (Fsp3) is 0.333. The van der Waals surface area contributed by atoms with Gasteiger partial charge in [-0.15, -0.1) is 0 Å². The Morgan fingerprint density at radius 1 is 1.30 bits per heavy atom. The van der Waals surface area contributed by atoms with Gasteiger partial charge in [-0.3, -0.25) is 4.79 Å². The number of carbonyl (C=O) groups is 1. The number of hydrogen-bond donors (Lipinski definition) is 1. The van der Waals surface area contributed by atoms with Gasteiger partial charge in [0.1, 0.15) is 0 Å². The Hall–Kier alpha value is -2.30. The van der Waals surface area contributed by atoms with Gasteiger partial charge in [0.15, 0.2) is 11.5 Å². The van der Waals surface area contributed by atoms with E-state index >= 15 is 0 Å². The molecule has 0 aromatic heterocycles. The molecule has 1 aromatic rings. The third-order valence-corrected chi connectivity index (χ3v) is 4.10. The highest BCUT2D eigenvalue weighted by molar-refractivity contribution is 5.98. The molecule has 1 heterocycles. The number of rotatable bonds is 2. The fourth-order valence-corrected chi connectivity index (χ4v) is 2.89. The minimum atomic E-state index is -0.217. The lowest BCUT2D eigenvalue weighted by Gasteiger charge is -2.31. The molecule has 2 atom stereocenters. The van der Waals surface area contributed by atoms with E-state index < -0.39 is 0 Å². The van der Waals surface area contributed by atoms with Crippen LogP contribution in [0.25, 0.3) is 0 Å². The summed E-state index contributed by atoms with van der Waals surface area (Å²) in [6, 6.07) is 5.13. The zero-order chi connectivity index (χ0) is 13.5. The van der Waals surface area contributed by atoms with Gasteiger partial charge in [-0.05, 0) is 37.0 Å². The van der Waals surface area contributed by atoms with Crippen LogP contribution in [-0.2, 0) is 0 Å². The van der Waals surface area contributed by atoms with Gasteiger partial charge >= 0.3 is 0 Å². The van der Waals surface area contributed by atoms with Crippen molar-refractivity contribution >= 4 is 11.6 Å². The summed E-state index contributed by atoms with van der Waals surface area (Å²) in [5, 5.41) is 4.25. The van der Waals surface area contributed by atoms with Crippen molar-refractivity contribution < 1.29 is 14.3 Å². The zero-order valence-electron chi connectivity index (χ0n) is 10.8. The Morgan fingerprint density at radius 2 is 2.20 bits per heavy atom. The lowest BCUT2D eigenvalue weighted by Crippen LogP contribution is -2.35. The number of hydrazone groups is 1. The van der Waals surface area contributed by atoms with Gasteiger partial charge in [0.25, 0.3) is 5.91 Å². The number of carbonyl (C=O) groups excluding carboxylic acids is 1. The third-order valence-electron chi connectivity index (χ3n) is 4.10. The van der Waals surface area contributed by atoms with Crippen LogP contribution < -0.4 is 14.9 Å². The van der Waals surface area contributed by atoms with Crippen molar-refractivity contribution in [1.29, 1.82) is 0 Å². The molecule has 0 spiro atoms. The molecule has 20 heavy (non-hydrogen) atoms. The molecule has 2 aliphatic carbocycles. The van der Waals surface area contributed by atoms with Crippen LogP contribution in [0, 0.1) is 11.8 Å². The van der Waals surface area contributed by atoms with Gasteiger partial charge in [0, 0.05) is 17.2 Å². The second-order valence-corrected chi connectivity index (χ2v) is 5.25. The maximum atomic E-state index is 12.1. The average Bonchev–Trinajstić information content (AvgIpc) is 3.04. The summed E-state index contributed by atoms with van der Waals surface area (Å²) in [5.41, 5.74) is 4.25. The van der Waals surface area contributed by atoms with Gasteiger partial charge in [0.2, 0.25) is 6.79 Å². The summed E-state index contributed by atoms with van der Waals surface area (Å²) in [4.78, 5) is 12.1. The summed E-state index contributed by atoms with van der Waals surface area (Å²) < 4.78 is 10.5. The molecule has 0 bridgehead atoms. The van der Waals surface area contributed by atoms with Crippen LogP contribution in [0.4, 0.5) is 0 Å². The molecule has 0 saturated heterocycles. The van der Waals surface area contributed by atoms with Crippen LogP contribution in [0.15, 0.2) is 35.5 Å². The minimum Gasteiger partial charge on any atom is -0.454 e. The molecule has 5 nitrogen and oxygen atoms in total. The quantitative estimate of drug-likeness (QED) is 0.661. The van der Waals surface area contributed by atoms with Gasteiger partial charge < -0.3 is 9.47 Å². The summed E-state index contributed by atoms with van der Waals surface area (Å²) >= 11 is 0. The first kappa shape index (κ1) is 11.5. The number of ether oxygens (including phenoxy) is 2. The molecule has 5 heteroatoms. The highest BCUT2D eigenvalue weighted by atomic mass is 16.7. The van der Waals surface area contributed by atoms with Crippen LogP contribution in [0.3, 0.4) is 0 Å². The summed E-state index contributed by atoms with van der Waals surface area (Å²) in [7, 11) is 0. The zero-order valence-corrected chi connectivity index (χ0v) is 10.8. The van der Waals surface area contributed by atoms with Gasteiger partial charge in [-0.2, -0.15) is 5.10 Å².